The van der Waals surface area contributed by atoms with Crippen molar-refractivity contribution in [3.8, 4) is 0 Å². The van der Waals surface area contributed by atoms with Crippen molar-refractivity contribution in [2.75, 3.05) is 0 Å². The number of unbranched alkanes of at least 4 members (excludes halogenated alkanes) is 11. The Labute approximate surface area is 211 Å². The predicted octanol–water partition coefficient (Wildman–Crippen LogP) is 7.91. The van der Waals surface area contributed by atoms with Crippen molar-refractivity contribution in [1.82, 2.24) is 0 Å². The molecule has 0 aliphatic carbocycles. The SMILES string of the molecule is CCCCCCC(CCCCCCCCCCC(=O)O)OC(=O)CCCCC(C)C.[H-].[H-].[Mg+2]. The molecule has 0 aromatic carbocycles. The Morgan fingerprint density at radius 3 is 1.68 bits per heavy atom. The van der Waals surface area contributed by atoms with Gasteiger partial charge in [-0.2, -0.15) is 0 Å². The minimum absolute atomic E-state index is 0. The van der Waals surface area contributed by atoms with E-state index >= 15 is 0 Å². The molecule has 1 unspecified atom stereocenters. The van der Waals surface area contributed by atoms with Crippen molar-refractivity contribution in [3.05, 3.63) is 0 Å². The molecule has 31 heavy (non-hydrogen) atoms. The van der Waals surface area contributed by atoms with E-state index in [0.717, 1.165) is 57.8 Å². The quantitative estimate of drug-likeness (QED) is 0.103. The molecule has 0 saturated heterocycles. The van der Waals surface area contributed by atoms with E-state index in [1.807, 2.05) is 0 Å². The van der Waals surface area contributed by atoms with Gasteiger partial charge in [0.2, 0.25) is 0 Å². The number of ether oxygens (including phenoxy) is 1. The van der Waals surface area contributed by atoms with Crippen LogP contribution in [0.2, 0.25) is 0 Å². The third-order valence-electron chi connectivity index (χ3n) is 5.76. The van der Waals surface area contributed by atoms with Gasteiger partial charge < -0.3 is 12.7 Å². The fraction of sp³-hybridized carbons (Fsp3) is 0.923. The fourth-order valence-electron chi connectivity index (χ4n) is 3.84. The zero-order chi connectivity index (χ0) is 22.5. The normalized spacial score (nSPS) is 11.9. The number of hydrogen-bond acceptors (Lipinski definition) is 3. The minimum Gasteiger partial charge on any atom is -1.00 e. The van der Waals surface area contributed by atoms with Gasteiger partial charge in [0, 0.05) is 12.8 Å². The van der Waals surface area contributed by atoms with Crippen LogP contribution in [0.4, 0.5) is 0 Å². The maximum absolute atomic E-state index is 12.2. The average Bonchev–Trinajstić information content (AvgIpc) is 2.69. The summed E-state index contributed by atoms with van der Waals surface area (Å²) in [7, 11) is 0. The van der Waals surface area contributed by atoms with Crippen LogP contribution < -0.4 is 0 Å². The number of carboxylic acid groups (broad SMARTS) is 1. The summed E-state index contributed by atoms with van der Waals surface area (Å²) in [6.45, 7) is 6.68. The van der Waals surface area contributed by atoms with Crippen molar-refractivity contribution in [1.29, 1.82) is 0 Å². The molecule has 4 nitrogen and oxygen atoms in total. The Bertz CT molecular complexity index is 423. The fourth-order valence-corrected chi connectivity index (χ4v) is 3.84. The van der Waals surface area contributed by atoms with Gasteiger partial charge in [-0.3, -0.25) is 9.59 Å². The summed E-state index contributed by atoms with van der Waals surface area (Å²) in [5, 5.41) is 8.64. The predicted molar refractivity (Wildman–Crippen MR) is 134 cm³/mol. The van der Waals surface area contributed by atoms with Crippen molar-refractivity contribution in [2.24, 2.45) is 5.92 Å². The number of esters is 1. The van der Waals surface area contributed by atoms with Crippen LogP contribution in [0.1, 0.15) is 146 Å². The molecule has 182 valence electrons. The molecule has 0 radical (unpaired) electrons. The van der Waals surface area contributed by atoms with E-state index in [-0.39, 0.29) is 38.0 Å². The van der Waals surface area contributed by atoms with Crippen molar-refractivity contribution in [2.45, 2.75) is 149 Å². The van der Waals surface area contributed by atoms with E-state index < -0.39 is 5.97 Å². The van der Waals surface area contributed by atoms with E-state index in [4.69, 9.17) is 9.84 Å². The van der Waals surface area contributed by atoms with Crippen LogP contribution in [0.5, 0.6) is 0 Å². The molecule has 0 saturated carbocycles. The Hall–Kier alpha value is -0.294. The first-order valence-corrected chi connectivity index (χ1v) is 12.9. The van der Waals surface area contributed by atoms with Crippen LogP contribution in [0.15, 0.2) is 0 Å². The molecule has 0 amide bonds. The van der Waals surface area contributed by atoms with E-state index in [0.29, 0.717) is 18.8 Å². The van der Waals surface area contributed by atoms with Crippen LogP contribution in [-0.2, 0) is 14.3 Å². The smallest absolute Gasteiger partial charge is 1.00 e. The van der Waals surface area contributed by atoms with Gasteiger partial charge in [-0.05, 0) is 44.4 Å². The molecule has 1 atom stereocenters. The van der Waals surface area contributed by atoms with Crippen molar-refractivity contribution >= 4 is 35.0 Å². The second-order valence-corrected chi connectivity index (χ2v) is 9.36. The number of hydrogen-bond donors (Lipinski definition) is 1. The summed E-state index contributed by atoms with van der Waals surface area (Å²) in [4.78, 5) is 22.7. The maximum atomic E-state index is 12.2. The number of carbonyl (C=O) groups excluding carboxylic acids is 1. The Kier molecular flexibility index (Phi) is 25.8. The molecular formula is C26H52MgO4. The summed E-state index contributed by atoms with van der Waals surface area (Å²) in [5.41, 5.74) is 0. The van der Waals surface area contributed by atoms with Gasteiger partial charge >= 0.3 is 35.0 Å². The number of carbonyl (C=O) groups is 2. The van der Waals surface area contributed by atoms with E-state index in [1.165, 1.54) is 51.4 Å². The van der Waals surface area contributed by atoms with Gasteiger partial charge in [0.1, 0.15) is 6.10 Å². The van der Waals surface area contributed by atoms with Gasteiger partial charge in [0.05, 0.1) is 0 Å². The summed E-state index contributed by atoms with van der Waals surface area (Å²) < 4.78 is 5.84. The van der Waals surface area contributed by atoms with Gasteiger partial charge in [-0.15, -0.1) is 0 Å². The third kappa shape index (κ3) is 25.8. The molecule has 0 spiro atoms. The van der Waals surface area contributed by atoms with Crippen LogP contribution >= 0.6 is 0 Å². The van der Waals surface area contributed by atoms with Crippen LogP contribution in [0.25, 0.3) is 0 Å². The van der Waals surface area contributed by atoms with E-state index in [2.05, 4.69) is 20.8 Å². The molecule has 0 aliphatic heterocycles. The number of rotatable bonds is 22. The molecule has 1 N–H and O–H groups in total. The van der Waals surface area contributed by atoms with Crippen LogP contribution in [-0.4, -0.2) is 46.2 Å². The van der Waals surface area contributed by atoms with Crippen molar-refractivity contribution < 1.29 is 22.3 Å². The topological polar surface area (TPSA) is 63.6 Å². The summed E-state index contributed by atoms with van der Waals surface area (Å²) in [6, 6.07) is 0. The minimum atomic E-state index is -0.685. The van der Waals surface area contributed by atoms with Crippen LogP contribution in [0.3, 0.4) is 0 Å². The number of carboxylic acids is 1. The van der Waals surface area contributed by atoms with E-state index in [1.54, 1.807) is 0 Å². The monoisotopic (exact) mass is 452 g/mol. The molecule has 0 bridgehead atoms. The molecule has 0 aromatic rings. The first kappa shape index (κ1) is 32.9. The van der Waals surface area contributed by atoms with Gasteiger partial charge in [-0.1, -0.05) is 91.4 Å². The summed E-state index contributed by atoms with van der Waals surface area (Å²) >= 11 is 0. The molecular weight excluding hydrogens is 401 g/mol. The Morgan fingerprint density at radius 1 is 0.710 bits per heavy atom. The third-order valence-corrected chi connectivity index (χ3v) is 5.76. The van der Waals surface area contributed by atoms with Gasteiger partial charge in [0.15, 0.2) is 0 Å². The Balaban J connectivity index is -0.00000140. The average molecular weight is 453 g/mol. The van der Waals surface area contributed by atoms with Gasteiger partial charge in [-0.25, -0.2) is 0 Å². The standard InChI is InChI=1S/C26H50O4.Mg.2H/c1-4-5-6-13-19-24(30-26(29)22-17-16-18-23(2)3)20-14-11-9-7-8-10-12-15-21-25(27)28;;;/h23-24H,4-22H2,1-3H3,(H,27,28);;;/q;+2;2*-1. The van der Waals surface area contributed by atoms with Gasteiger partial charge in [0.25, 0.3) is 0 Å². The first-order chi connectivity index (χ1) is 14.5. The zero-order valence-corrected chi connectivity index (χ0v) is 22.4. The molecule has 0 rings (SSSR count). The summed E-state index contributed by atoms with van der Waals surface area (Å²) in [6.07, 6.45) is 20.1. The molecule has 0 fully saturated rings. The second kappa shape index (κ2) is 24.4. The summed E-state index contributed by atoms with van der Waals surface area (Å²) in [5.74, 6) is 0.0215. The first-order valence-electron chi connectivity index (χ1n) is 12.9. The molecule has 0 heterocycles. The van der Waals surface area contributed by atoms with Crippen molar-refractivity contribution in [3.63, 3.8) is 0 Å². The maximum Gasteiger partial charge on any atom is 2.00 e. The molecule has 5 heteroatoms. The second-order valence-electron chi connectivity index (χ2n) is 9.36. The van der Waals surface area contributed by atoms with E-state index in [9.17, 15) is 9.59 Å². The zero-order valence-electron chi connectivity index (χ0n) is 23.0. The molecule has 0 aliphatic rings. The Morgan fingerprint density at radius 2 is 1.16 bits per heavy atom. The van der Waals surface area contributed by atoms with Crippen LogP contribution in [0, 0.1) is 5.92 Å². The molecule has 0 aromatic heterocycles. The largest absolute Gasteiger partial charge is 2.00 e. The number of aliphatic carboxylic acids is 1.